The van der Waals surface area contributed by atoms with E-state index in [-0.39, 0.29) is 9.90 Å². The van der Waals surface area contributed by atoms with Gasteiger partial charge < -0.3 is 15.7 Å². The maximum atomic E-state index is 12.9. The standard InChI is InChI=1S/C24H30N6O5S2/c1-15-12-16(2)21(17(3)13-15)37(34,35)30-18(24(32)33)14-27-22(31)23-29-28-20(36-23)9-5-7-11-26-19-8-4-6-10-25-19/h4,6,8,10,12-13,18,30H,5,7,9,11,14H2,1-3H3,(H,25,26)(H,27,31)(H,32,33). The number of pyridine rings is 1. The third-order valence-corrected chi connectivity index (χ3v) is 8.14. The number of amides is 1. The maximum absolute atomic E-state index is 12.9. The fraction of sp³-hybridized carbons (Fsp3) is 0.375. The van der Waals surface area contributed by atoms with Crippen LogP contribution in [0.5, 0.6) is 0 Å². The molecule has 1 aromatic carbocycles. The number of benzene rings is 1. The summed E-state index contributed by atoms with van der Waals surface area (Å²) < 4.78 is 28.0. The first-order chi connectivity index (χ1) is 17.6. The van der Waals surface area contributed by atoms with Gasteiger partial charge in [-0.15, -0.1) is 10.2 Å². The molecule has 0 fully saturated rings. The van der Waals surface area contributed by atoms with E-state index in [1.165, 1.54) is 0 Å². The van der Waals surface area contributed by atoms with Crippen molar-refractivity contribution in [1.82, 2.24) is 25.2 Å². The number of anilines is 1. The van der Waals surface area contributed by atoms with Crippen LogP contribution in [0.1, 0.15) is 44.3 Å². The number of aliphatic carboxylic acids is 1. The molecule has 0 saturated carbocycles. The molecule has 2 heterocycles. The lowest BCUT2D eigenvalue weighted by molar-refractivity contribution is -0.138. The van der Waals surface area contributed by atoms with Gasteiger partial charge in [-0.25, -0.2) is 13.4 Å². The second-order valence-electron chi connectivity index (χ2n) is 8.55. The molecular weight excluding hydrogens is 516 g/mol. The van der Waals surface area contributed by atoms with Crippen molar-refractivity contribution in [2.75, 3.05) is 18.4 Å². The second kappa shape index (κ2) is 12.7. The predicted molar refractivity (Wildman–Crippen MR) is 140 cm³/mol. The van der Waals surface area contributed by atoms with E-state index in [1.54, 1.807) is 32.2 Å². The van der Waals surface area contributed by atoms with Crippen molar-refractivity contribution in [2.24, 2.45) is 0 Å². The number of carbonyl (C=O) groups excluding carboxylic acids is 1. The summed E-state index contributed by atoms with van der Waals surface area (Å²) >= 11 is 1.12. The lowest BCUT2D eigenvalue weighted by Crippen LogP contribution is -2.48. The summed E-state index contributed by atoms with van der Waals surface area (Å²) in [6.07, 6.45) is 4.06. The molecule has 11 nitrogen and oxygen atoms in total. The number of carboxylic acids is 1. The normalized spacial score (nSPS) is 12.2. The second-order valence-corrected chi connectivity index (χ2v) is 11.3. The molecule has 4 N–H and O–H groups in total. The number of hydrogen-bond donors (Lipinski definition) is 4. The smallest absolute Gasteiger partial charge is 0.323 e. The summed E-state index contributed by atoms with van der Waals surface area (Å²) in [6.45, 7) is 5.44. The van der Waals surface area contributed by atoms with Gasteiger partial charge >= 0.3 is 5.97 Å². The van der Waals surface area contributed by atoms with E-state index < -0.39 is 34.5 Å². The van der Waals surface area contributed by atoms with E-state index in [1.807, 2.05) is 25.1 Å². The Kier molecular flexibility index (Phi) is 9.66. The molecule has 1 atom stereocenters. The third-order valence-electron chi connectivity index (χ3n) is 5.39. The molecule has 1 amide bonds. The van der Waals surface area contributed by atoms with Crippen molar-refractivity contribution >= 4 is 39.1 Å². The summed E-state index contributed by atoms with van der Waals surface area (Å²) in [7, 11) is -4.14. The Bertz CT molecular complexity index is 1320. The first-order valence-corrected chi connectivity index (χ1v) is 13.9. The number of unbranched alkanes of at least 4 members (excludes halogenated alkanes) is 1. The van der Waals surface area contributed by atoms with Crippen LogP contribution in [0.15, 0.2) is 41.4 Å². The van der Waals surface area contributed by atoms with E-state index in [2.05, 4.69) is 30.5 Å². The van der Waals surface area contributed by atoms with E-state index in [4.69, 9.17) is 0 Å². The van der Waals surface area contributed by atoms with Crippen molar-refractivity contribution in [3.05, 3.63) is 63.2 Å². The van der Waals surface area contributed by atoms with Gasteiger partial charge in [0.05, 0.1) is 4.90 Å². The Morgan fingerprint density at radius 3 is 2.46 bits per heavy atom. The lowest BCUT2D eigenvalue weighted by atomic mass is 10.1. The predicted octanol–water partition coefficient (Wildman–Crippen LogP) is 2.45. The van der Waals surface area contributed by atoms with Crippen LogP contribution in [0.2, 0.25) is 0 Å². The summed E-state index contributed by atoms with van der Waals surface area (Å²) in [5.74, 6) is -1.22. The largest absolute Gasteiger partial charge is 0.480 e. The molecule has 0 spiro atoms. The molecule has 1 unspecified atom stereocenters. The molecule has 0 aliphatic heterocycles. The average molecular weight is 547 g/mol. The SMILES string of the molecule is Cc1cc(C)c(S(=O)(=O)NC(CNC(=O)c2nnc(CCCCNc3ccccn3)s2)C(=O)O)c(C)c1. The number of aryl methyl sites for hydroxylation is 4. The molecule has 37 heavy (non-hydrogen) atoms. The minimum Gasteiger partial charge on any atom is -0.480 e. The van der Waals surface area contributed by atoms with E-state index in [0.717, 1.165) is 42.1 Å². The number of aromatic nitrogens is 3. The number of carboxylic acid groups (broad SMARTS) is 1. The molecule has 0 radical (unpaired) electrons. The van der Waals surface area contributed by atoms with Gasteiger partial charge in [-0.3, -0.25) is 9.59 Å². The van der Waals surface area contributed by atoms with Crippen molar-refractivity contribution < 1.29 is 23.1 Å². The molecule has 198 valence electrons. The molecule has 0 aliphatic carbocycles. The molecule has 0 bridgehead atoms. The van der Waals surface area contributed by atoms with Crippen LogP contribution >= 0.6 is 11.3 Å². The van der Waals surface area contributed by atoms with Gasteiger partial charge in [0.25, 0.3) is 5.91 Å². The molecule has 3 aromatic rings. The van der Waals surface area contributed by atoms with Crippen LogP contribution in [0.4, 0.5) is 5.82 Å². The molecule has 2 aromatic heterocycles. The summed E-state index contributed by atoms with van der Waals surface area (Å²) in [4.78, 5) is 28.5. The van der Waals surface area contributed by atoms with Gasteiger partial charge in [-0.1, -0.05) is 35.1 Å². The Balaban J connectivity index is 1.51. The molecular formula is C24H30N6O5S2. The summed E-state index contributed by atoms with van der Waals surface area (Å²) in [5, 5.41) is 23.9. The van der Waals surface area contributed by atoms with Crippen molar-refractivity contribution in [3.63, 3.8) is 0 Å². The lowest BCUT2D eigenvalue weighted by Gasteiger charge is -2.18. The van der Waals surface area contributed by atoms with Crippen molar-refractivity contribution in [3.8, 4) is 0 Å². The highest BCUT2D eigenvalue weighted by Gasteiger charge is 2.28. The Morgan fingerprint density at radius 1 is 1.08 bits per heavy atom. The number of rotatable bonds is 13. The van der Waals surface area contributed by atoms with Gasteiger partial charge in [0.1, 0.15) is 16.9 Å². The van der Waals surface area contributed by atoms with Crippen LogP contribution in [0, 0.1) is 20.8 Å². The first-order valence-electron chi connectivity index (χ1n) is 11.7. The van der Waals surface area contributed by atoms with E-state index in [9.17, 15) is 23.1 Å². The zero-order chi connectivity index (χ0) is 27.0. The number of nitrogens with one attached hydrogen (secondary N) is 3. The number of hydrogen-bond acceptors (Lipinski definition) is 9. The fourth-order valence-electron chi connectivity index (χ4n) is 3.82. The van der Waals surface area contributed by atoms with Gasteiger partial charge in [-0.2, -0.15) is 4.72 Å². The van der Waals surface area contributed by atoms with Crippen LogP contribution < -0.4 is 15.4 Å². The minimum atomic E-state index is -4.14. The monoisotopic (exact) mass is 546 g/mol. The zero-order valence-electron chi connectivity index (χ0n) is 20.8. The van der Waals surface area contributed by atoms with Crippen LogP contribution in [-0.2, 0) is 21.2 Å². The topological polar surface area (TPSA) is 163 Å². The minimum absolute atomic E-state index is 0.0275. The van der Waals surface area contributed by atoms with Gasteiger partial charge in [-0.05, 0) is 56.9 Å². The number of carbonyl (C=O) groups is 2. The van der Waals surface area contributed by atoms with Crippen LogP contribution in [0.25, 0.3) is 0 Å². The maximum Gasteiger partial charge on any atom is 0.323 e. The number of nitrogens with zero attached hydrogens (tertiary/aromatic N) is 3. The molecule has 13 heteroatoms. The van der Waals surface area contributed by atoms with E-state index >= 15 is 0 Å². The molecule has 0 aliphatic rings. The van der Waals surface area contributed by atoms with E-state index in [0.29, 0.717) is 22.6 Å². The van der Waals surface area contributed by atoms with Crippen LogP contribution in [0.3, 0.4) is 0 Å². The zero-order valence-corrected chi connectivity index (χ0v) is 22.4. The highest BCUT2D eigenvalue weighted by molar-refractivity contribution is 7.89. The van der Waals surface area contributed by atoms with Crippen LogP contribution in [-0.4, -0.2) is 59.7 Å². The Hall–Kier alpha value is -3.42. The number of sulfonamides is 1. The van der Waals surface area contributed by atoms with Gasteiger partial charge in [0.15, 0.2) is 0 Å². The Labute approximate surface area is 219 Å². The molecule has 3 rings (SSSR count). The quantitative estimate of drug-likeness (QED) is 0.236. The summed E-state index contributed by atoms with van der Waals surface area (Å²) in [6, 6.07) is 7.50. The summed E-state index contributed by atoms with van der Waals surface area (Å²) in [5.41, 5.74) is 1.91. The first kappa shape index (κ1) is 28.2. The van der Waals surface area contributed by atoms with Crippen molar-refractivity contribution in [2.45, 2.75) is 51.0 Å². The Morgan fingerprint density at radius 2 is 1.81 bits per heavy atom. The van der Waals surface area contributed by atoms with Gasteiger partial charge in [0, 0.05) is 25.7 Å². The fourth-order valence-corrected chi connectivity index (χ4v) is 6.26. The third kappa shape index (κ3) is 8.03. The highest BCUT2D eigenvalue weighted by Crippen LogP contribution is 2.22. The average Bonchev–Trinajstić information content (AvgIpc) is 3.30. The van der Waals surface area contributed by atoms with Crippen molar-refractivity contribution in [1.29, 1.82) is 0 Å². The van der Waals surface area contributed by atoms with Gasteiger partial charge in [0.2, 0.25) is 15.0 Å². The molecule has 0 saturated heterocycles. The highest BCUT2D eigenvalue weighted by atomic mass is 32.2.